The zero-order chi connectivity index (χ0) is 21.1. The van der Waals surface area contributed by atoms with Gasteiger partial charge in [0.1, 0.15) is 11.6 Å². The van der Waals surface area contributed by atoms with Gasteiger partial charge in [0.15, 0.2) is 0 Å². The van der Waals surface area contributed by atoms with Gasteiger partial charge in [0.25, 0.3) is 0 Å². The number of rotatable bonds is 5. The molecule has 156 valence electrons. The molecule has 1 unspecified atom stereocenters. The lowest BCUT2D eigenvalue weighted by Crippen LogP contribution is -2.69. The fourth-order valence-corrected chi connectivity index (χ4v) is 5.18. The first-order valence-electron chi connectivity index (χ1n) is 10.0. The van der Waals surface area contributed by atoms with Crippen LogP contribution in [0.5, 0.6) is 5.88 Å². The zero-order valence-electron chi connectivity index (χ0n) is 16.9. The van der Waals surface area contributed by atoms with Crippen molar-refractivity contribution in [2.45, 2.75) is 45.6 Å². The molecule has 1 aromatic carbocycles. The topological polar surface area (TPSA) is 67.7 Å². The highest BCUT2D eigenvalue weighted by Crippen LogP contribution is 2.74. The van der Waals surface area contributed by atoms with E-state index in [1.54, 1.807) is 25.5 Å². The van der Waals surface area contributed by atoms with Gasteiger partial charge in [-0.3, -0.25) is 9.78 Å². The monoisotopic (exact) mass is 412 g/mol. The first kappa shape index (κ1) is 19.1. The molecule has 8 heteroatoms. The molecular formula is C22H22F2N4O2. The molecule has 1 aliphatic heterocycles. The number of hydrogen-bond acceptors (Lipinski definition) is 5. The van der Waals surface area contributed by atoms with Gasteiger partial charge in [0.2, 0.25) is 11.8 Å². The van der Waals surface area contributed by atoms with E-state index in [4.69, 9.17) is 4.74 Å². The molecule has 3 saturated carbocycles. The molecule has 0 spiro atoms. The van der Waals surface area contributed by atoms with Crippen LogP contribution in [0.15, 0.2) is 29.6 Å². The van der Waals surface area contributed by atoms with Gasteiger partial charge in [0.05, 0.1) is 36.2 Å². The third-order valence-electron chi connectivity index (χ3n) is 6.47. The number of carbonyl (C=O) groups is 1. The Morgan fingerprint density at radius 3 is 2.50 bits per heavy atom. The summed E-state index contributed by atoms with van der Waals surface area (Å²) >= 11 is 0. The number of carbonyl (C=O) groups excluding carboxylic acids is 1. The Morgan fingerprint density at radius 2 is 1.87 bits per heavy atom. The van der Waals surface area contributed by atoms with Crippen LogP contribution in [0.25, 0.3) is 0 Å². The second-order valence-electron chi connectivity index (χ2n) is 8.94. The Kier molecular flexibility index (Phi) is 4.17. The summed E-state index contributed by atoms with van der Waals surface area (Å²) in [5.74, 6) is -0.956. The highest BCUT2D eigenvalue weighted by molar-refractivity contribution is 5.88. The maximum absolute atomic E-state index is 14.5. The van der Waals surface area contributed by atoms with Crippen molar-refractivity contribution >= 4 is 12.1 Å². The molecule has 1 aromatic heterocycles. The van der Waals surface area contributed by atoms with Gasteiger partial charge < -0.3 is 4.74 Å². The van der Waals surface area contributed by atoms with Crippen LogP contribution in [-0.4, -0.2) is 33.7 Å². The van der Waals surface area contributed by atoms with Crippen LogP contribution in [0.3, 0.4) is 0 Å². The SMILES string of the molecule is Cc1cc(F)c(C2CC=NN2C(=O)C23CC(COc4cnc(C)cn4)(C2)C3)c(F)c1. The van der Waals surface area contributed by atoms with Gasteiger partial charge in [-0.1, -0.05) is 0 Å². The number of amides is 1. The van der Waals surface area contributed by atoms with Gasteiger partial charge in [-0.25, -0.2) is 18.8 Å². The van der Waals surface area contributed by atoms with Gasteiger partial charge in [0, 0.05) is 23.6 Å². The molecule has 0 saturated heterocycles. The molecule has 4 aliphatic rings. The number of aryl methyl sites for hydroxylation is 2. The molecule has 6 rings (SSSR count). The lowest BCUT2D eigenvalue weighted by Gasteiger charge is -2.69. The van der Waals surface area contributed by atoms with E-state index in [-0.39, 0.29) is 16.9 Å². The van der Waals surface area contributed by atoms with Gasteiger partial charge >= 0.3 is 0 Å². The van der Waals surface area contributed by atoms with Crippen LogP contribution in [0.4, 0.5) is 8.78 Å². The quantitative estimate of drug-likeness (QED) is 0.748. The Morgan fingerprint density at radius 1 is 1.17 bits per heavy atom. The number of hydrogen-bond donors (Lipinski definition) is 0. The predicted octanol–water partition coefficient (Wildman–Crippen LogP) is 3.88. The molecule has 2 bridgehead atoms. The standard InChI is InChI=1S/C22H22F2N4O2/c1-13-5-15(23)19(16(24)6-13)17-3-4-27-28(17)20(29)22-9-21(10-22,11-22)12-30-18-8-25-14(2)7-26-18/h4-8,17H,3,9-12H2,1-2H3. The number of benzene rings is 1. The highest BCUT2D eigenvalue weighted by atomic mass is 19.1. The minimum atomic E-state index is -0.734. The van der Waals surface area contributed by atoms with Crippen LogP contribution in [-0.2, 0) is 4.79 Å². The van der Waals surface area contributed by atoms with Gasteiger partial charge in [-0.05, 0) is 50.8 Å². The number of ether oxygens (including phenoxy) is 1. The third-order valence-corrected chi connectivity index (χ3v) is 6.47. The normalized spacial score (nSPS) is 28.8. The van der Waals surface area contributed by atoms with Crippen LogP contribution in [0, 0.1) is 36.3 Å². The van der Waals surface area contributed by atoms with E-state index in [0.29, 0.717) is 43.7 Å². The van der Waals surface area contributed by atoms with E-state index in [1.165, 1.54) is 17.1 Å². The molecule has 30 heavy (non-hydrogen) atoms. The minimum Gasteiger partial charge on any atom is -0.476 e. The van der Waals surface area contributed by atoms with Crippen molar-refractivity contribution in [2.24, 2.45) is 15.9 Å². The first-order valence-corrected chi connectivity index (χ1v) is 10.0. The third kappa shape index (κ3) is 2.88. The molecule has 3 fully saturated rings. The Balaban J connectivity index is 1.25. The number of nitrogens with zero attached hydrogens (tertiary/aromatic N) is 4. The maximum Gasteiger partial charge on any atom is 0.249 e. The van der Waals surface area contributed by atoms with Crippen molar-refractivity contribution in [2.75, 3.05) is 6.61 Å². The lowest BCUT2D eigenvalue weighted by atomic mass is 9.35. The summed E-state index contributed by atoms with van der Waals surface area (Å²) in [5, 5.41) is 5.46. The summed E-state index contributed by atoms with van der Waals surface area (Å²) in [4.78, 5) is 21.6. The molecule has 0 radical (unpaired) electrons. The van der Waals surface area contributed by atoms with Crippen LogP contribution < -0.4 is 4.74 Å². The Labute approximate surface area is 173 Å². The van der Waals surface area contributed by atoms with Crippen molar-refractivity contribution in [3.8, 4) is 5.88 Å². The fourth-order valence-electron chi connectivity index (χ4n) is 5.18. The summed E-state index contributed by atoms with van der Waals surface area (Å²) in [6.45, 7) is 3.97. The molecule has 1 amide bonds. The number of hydrazone groups is 1. The van der Waals surface area contributed by atoms with Crippen molar-refractivity contribution < 1.29 is 18.3 Å². The van der Waals surface area contributed by atoms with E-state index in [9.17, 15) is 13.6 Å². The van der Waals surface area contributed by atoms with Crippen LogP contribution in [0.1, 0.15) is 48.5 Å². The fraction of sp³-hybridized carbons (Fsp3) is 0.455. The summed E-state index contributed by atoms with van der Waals surface area (Å²) in [5.41, 5.74) is 0.695. The smallest absolute Gasteiger partial charge is 0.249 e. The number of aromatic nitrogens is 2. The predicted molar refractivity (Wildman–Crippen MR) is 105 cm³/mol. The summed E-state index contributed by atoms with van der Waals surface area (Å²) in [6, 6.07) is 1.85. The average Bonchev–Trinajstić information content (AvgIpc) is 3.09. The first-order chi connectivity index (χ1) is 14.3. The van der Waals surface area contributed by atoms with E-state index >= 15 is 0 Å². The molecule has 6 nitrogen and oxygen atoms in total. The lowest BCUT2D eigenvalue weighted by molar-refractivity contribution is -0.227. The van der Waals surface area contributed by atoms with Gasteiger partial charge in [-0.15, -0.1) is 0 Å². The van der Waals surface area contributed by atoms with Crippen molar-refractivity contribution in [1.29, 1.82) is 0 Å². The second kappa shape index (κ2) is 6.55. The molecule has 3 aliphatic carbocycles. The average molecular weight is 412 g/mol. The minimum absolute atomic E-state index is 0.0402. The van der Waals surface area contributed by atoms with E-state index in [1.807, 2.05) is 6.92 Å². The summed E-state index contributed by atoms with van der Waals surface area (Å²) in [7, 11) is 0. The second-order valence-corrected chi connectivity index (χ2v) is 8.94. The molecule has 2 heterocycles. The van der Waals surface area contributed by atoms with E-state index in [2.05, 4.69) is 15.1 Å². The molecule has 1 atom stereocenters. The summed E-state index contributed by atoms with van der Waals surface area (Å²) < 4.78 is 34.7. The van der Waals surface area contributed by atoms with Crippen molar-refractivity contribution in [1.82, 2.24) is 15.0 Å². The van der Waals surface area contributed by atoms with Crippen molar-refractivity contribution in [3.63, 3.8) is 0 Å². The maximum atomic E-state index is 14.5. The Hall–Kier alpha value is -2.90. The largest absolute Gasteiger partial charge is 0.476 e. The van der Waals surface area contributed by atoms with E-state index < -0.39 is 23.1 Å². The molecular weight excluding hydrogens is 390 g/mol. The highest BCUT2D eigenvalue weighted by Gasteiger charge is 2.73. The number of halogens is 2. The molecule has 0 N–H and O–H groups in total. The zero-order valence-corrected chi connectivity index (χ0v) is 16.9. The Bertz CT molecular complexity index is 1010. The van der Waals surface area contributed by atoms with Crippen LogP contribution in [0.2, 0.25) is 0 Å². The summed E-state index contributed by atoms with van der Waals surface area (Å²) in [6.07, 6.45) is 7.18. The van der Waals surface area contributed by atoms with Crippen molar-refractivity contribution in [3.05, 3.63) is 53.0 Å². The van der Waals surface area contributed by atoms with Crippen LogP contribution >= 0.6 is 0 Å². The van der Waals surface area contributed by atoms with Gasteiger partial charge in [-0.2, -0.15) is 5.10 Å². The molecule has 2 aromatic rings. The van der Waals surface area contributed by atoms with E-state index in [0.717, 1.165) is 5.69 Å².